The lowest BCUT2D eigenvalue weighted by molar-refractivity contribution is 0.0955. The van der Waals surface area contributed by atoms with Gasteiger partial charge in [0.15, 0.2) is 5.78 Å². The van der Waals surface area contributed by atoms with Crippen molar-refractivity contribution in [1.82, 2.24) is 9.97 Å². The first-order valence-electron chi connectivity index (χ1n) is 7.44. The van der Waals surface area contributed by atoms with E-state index < -0.39 is 0 Å². The zero-order valence-electron chi connectivity index (χ0n) is 12.3. The molecular formula is C18H16N2O2. The number of nitrogens with one attached hydrogen (secondary N) is 1. The maximum Gasteiger partial charge on any atom is 0.183 e. The first-order valence-corrected chi connectivity index (χ1v) is 7.44. The summed E-state index contributed by atoms with van der Waals surface area (Å²) in [5.41, 5.74) is 2.49. The molecule has 1 aliphatic rings. The Kier molecular flexibility index (Phi) is 2.96. The van der Waals surface area contributed by atoms with Gasteiger partial charge in [0.1, 0.15) is 23.0 Å². The molecule has 0 saturated carbocycles. The summed E-state index contributed by atoms with van der Waals surface area (Å²) in [6, 6.07) is 13.8. The summed E-state index contributed by atoms with van der Waals surface area (Å²) in [5, 5.41) is 0. The highest BCUT2D eigenvalue weighted by Gasteiger charge is 2.31. The number of rotatable bonds is 2. The Bertz CT molecular complexity index is 830. The van der Waals surface area contributed by atoms with Crippen LogP contribution in [-0.2, 0) is 6.42 Å². The molecule has 0 radical (unpaired) electrons. The van der Waals surface area contributed by atoms with E-state index in [2.05, 4.69) is 9.97 Å². The van der Waals surface area contributed by atoms with Crippen molar-refractivity contribution in [1.29, 1.82) is 0 Å². The molecule has 0 aliphatic heterocycles. The van der Waals surface area contributed by atoms with E-state index in [1.807, 2.05) is 49.4 Å². The van der Waals surface area contributed by atoms with Crippen LogP contribution >= 0.6 is 0 Å². The number of ketones is 1. The van der Waals surface area contributed by atoms with Crippen molar-refractivity contribution >= 4 is 5.78 Å². The summed E-state index contributed by atoms with van der Waals surface area (Å²) in [5.74, 6) is 2.70. The first kappa shape index (κ1) is 13.1. The zero-order valence-corrected chi connectivity index (χ0v) is 12.3. The normalized spacial score (nSPS) is 17.5. The van der Waals surface area contributed by atoms with Gasteiger partial charge in [-0.3, -0.25) is 4.79 Å². The summed E-state index contributed by atoms with van der Waals surface area (Å²) in [7, 11) is 0. The number of nitrogens with zero attached hydrogens (tertiary/aromatic N) is 1. The number of carbonyl (C=O) groups is 1. The molecule has 2 heterocycles. The number of aromatic amines is 1. The van der Waals surface area contributed by atoms with E-state index in [4.69, 9.17) is 4.42 Å². The third-order valence-corrected chi connectivity index (χ3v) is 4.14. The van der Waals surface area contributed by atoms with Gasteiger partial charge in [-0.15, -0.1) is 0 Å². The van der Waals surface area contributed by atoms with E-state index in [1.54, 1.807) is 0 Å². The van der Waals surface area contributed by atoms with Gasteiger partial charge in [0.25, 0.3) is 0 Å². The Hall–Kier alpha value is -2.62. The van der Waals surface area contributed by atoms with Crippen LogP contribution in [0.5, 0.6) is 0 Å². The number of carbonyl (C=O) groups excluding carboxylic acids is 1. The van der Waals surface area contributed by atoms with E-state index in [-0.39, 0.29) is 11.7 Å². The number of benzene rings is 1. The summed E-state index contributed by atoms with van der Waals surface area (Å²) in [4.78, 5) is 20.2. The fourth-order valence-electron chi connectivity index (χ4n) is 3.03. The maximum absolute atomic E-state index is 12.4. The molecule has 4 nitrogen and oxygen atoms in total. The van der Waals surface area contributed by atoms with Gasteiger partial charge in [-0.05, 0) is 19.1 Å². The molecule has 0 fully saturated rings. The van der Waals surface area contributed by atoms with Crippen molar-refractivity contribution in [3.63, 3.8) is 0 Å². The standard InChI is InChI=1S/C18H16N2O2/c1-11-7-8-16(22-11)13-9-14-17(15(21)10-13)20-18(19-14)12-5-3-2-4-6-12/h2-8,13H,9-10H2,1H3,(H,19,20)/t13-/m0/s1. The van der Waals surface area contributed by atoms with Gasteiger partial charge in [0.2, 0.25) is 0 Å². The second kappa shape index (κ2) is 4.98. The van der Waals surface area contributed by atoms with Gasteiger partial charge in [-0.1, -0.05) is 30.3 Å². The lowest BCUT2D eigenvalue weighted by Crippen LogP contribution is -2.18. The Morgan fingerprint density at radius 2 is 1.95 bits per heavy atom. The SMILES string of the molecule is Cc1ccc([C@@H]2CC(=O)c3nc(-c4ccccc4)[nH]c3C2)o1. The van der Waals surface area contributed by atoms with Crippen molar-refractivity contribution in [2.45, 2.75) is 25.7 Å². The highest BCUT2D eigenvalue weighted by molar-refractivity contribution is 5.97. The van der Waals surface area contributed by atoms with Crippen LogP contribution in [0.4, 0.5) is 0 Å². The molecule has 0 amide bonds. The van der Waals surface area contributed by atoms with E-state index in [1.165, 1.54) is 0 Å². The van der Waals surface area contributed by atoms with Crippen molar-refractivity contribution in [2.75, 3.05) is 0 Å². The molecule has 1 N–H and O–H groups in total. The Labute approximate surface area is 128 Å². The van der Waals surface area contributed by atoms with Crippen molar-refractivity contribution in [2.24, 2.45) is 0 Å². The number of fused-ring (bicyclic) bond motifs is 1. The molecule has 3 aromatic rings. The van der Waals surface area contributed by atoms with E-state index in [0.29, 0.717) is 12.1 Å². The quantitative estimate of drug-likeness (QED) is 0.779. The van der Waals surface area contributed by atoms with Crippen LogP contribution in [0.3, 0.4) is 0 Å². The Morgan fingerprint density at radius 1 is 1.14 bits per heavy atom. The monoisotopic (exact) mass is 292 g/mol. The molecular weight excluding hydrogens is 276 g/mol. The molecule has 0 spiro atoms. The van der Waals surface area contributed by atoms with Gasteiger partial charge in [-0.2, -0.15) is 0 Å². The smallest absolute Gasteiger partial charge is 0.183 e. The van der Waals surface area contributed by atoms with Gasteiger partial charge >= 0.3 is 0 Å². The van der Waals surface area contributed by atoms with Crippen molar-refractivity contribution in [3.8, 4) is 11.4 Å². The molecule has 110 valence electrons. The molecule has 1 aliphatic carbocycles. The third kappa shape index (κ3) is 2.17. The lowest BCUT2D eigenvalue weighted by Gasteiger charge is -2.18. The number of hydrogen-bond donors (Lipinski definition) is 1. The minimum atomic E-state index is 0.0822. The van der Waals surface area contributed by atoms with Gasteiger partial charge in [-0.25, -0.2) is 4.98 Å². The summed E-state index contributed by atoms with van der Waals surface area (Å²) in [6.45, 7) is 1.92. The number of aryl methyl sites for hydroxylation is 1. The van der Waals surface area contributed by atoms with Crippen LogP contribution in [0, 0.1) is 6.92 Å². The van der Waals surface area contributed by atoms with E-state index >= 15 is 0 Å². The van der Waals surface area contributed by atoms with Crippen LogP contribution < -0.4 is 0 Å². The van der Waals surface area contributed by atoms with Crippen LogP contribution in [0.1, 0.15) is 40.0 Å². The molecule has 0 unspecified atom stereocenters. The molecule has 1 aromatic carbocycles. The lowest BCUT2D eigenvalue weighted by atomic mass is 9.87. The van der Waals surface area contributed by atoms with E-state index in [9.17, 15) is 4.79 Å². The van der Waals surface area contributed by atoms with Gasteiger partial charge in [0, 0.05) is 30.0 Å². The third-order valence-electron chi connectivity index (χ3n) is 4.14. The van der Waals surface area contributed by atoms with Gasteiger partial charge in [0.05, 0.1) is 0 Å². The molecule has 1 atom stereocenters. The van der Waals surface area contributed by atoms with E-state index in [0.717, 1.165) is 35.0 Å². The largest absolute Gasteiger partial charge is 0.466 e. The average molecular weight is 292 g/mol. The Balaban J connectivity index is 1.69. The van der Waals surface area contributed by atoms with Crippen molar-refractivity contribution in [3.05, 3.63) is 65.4 Å². The predicted octanol–water partition coefficient (Wildman–Crippen LogP) is 3.89. The molecule has 4 rings (SSSR count). The first-order chi connectivity index (χ1) is 10.7. The summed E-state index contributed by atoms with van der Waals surface area (Å²) < 4.78 is 5.69. The highest BCUT2D eigenvalue weighted by Crippen LogP contribution is 2.33. The number of H-pyrrole nitrogens is 1. The molecule has 4 heteroatoms. The van der Waals surface area contributed by atoms with Crippen LogP contribution in [0.25, 0.3) is 11.4 Å². The average Bonchev–Trinajstić information content (AvgIpc) is 3.14. The molecule has 0 saturated heterocycles. The van der Waals surface area contributed by atoms with Crippen molar-refractivity contribution < 1.29 is 9.21 Å². The Morgan fingerprint density at radius 3 is 2.68 bits per heavy atom. The minimum absolute atomic E-state index is 0.0822. The molecule has 2 aromatic heterocycles. The molecule has 22 heavy (non-hydrogen) atoms. The highest BCUT2D eigenvalue weighted by atomic mass is 16.3. The van der Waals surface area contributed by atoms with Crippen LogP contribution in [-0.4, -0.2) is 15.8 Å². The number of Topliss-reactive ketones (excluding diaryl/α,β-unsaturated/α-hetero) is 1. The summed E-state index contributed by atoms with van der Waals surface area (Å²) >= 11 is 0. The fraction of sp³-hybridized carbons (Fsp3) is 0.222. The fourth-order valence-corrected chi connectivity index (χ4v) is 3.03. The second-order valence-electron chi connectivity index (χ2n) is 5.76. The number of furan rings is 1. The number of hydrogen-bond acceptors (Lipinski definition) is 3. The zero-order chi connectivity index (χ0) is 15.1. The topological polar surface area (TPSA) is 58.9 Å². The second-order valence-corrected chi connectivity index (χ2v) is 5.76. The predicted molar refractivity (Wildman–Crippen MR) is 82.9 cm³/mol. The summed E-state index contributed by atoms with van der Waals surface area (Å²) in [6.07, 6.45) is 1.22. The number of aromatic nitrogens is 2. The number of imidazole rings is 1. The minimum Gasteiger partial charge on any atom is -0.466 e. The van der Waals surface area contributed by atoms with Crippen LogP contribution in [0.2, 0.25) is 0 Å². The van der Waals surface area contributed by atoms with Gasteiger partial charge < -0.3 is 9.40 Å². The van der Waals surface area contributed by atoms with Crippen LogP contribution in [0.15, 0.2) is 46.9 Å². The molecule has 0 bridgehead atoms. The maximum atomic E-state index is 12.4.